The van der Waals surface area contributed by atoms with Gasteiger partial charge in [-0.15, -0.1) is 0 Å². The lowest BCUT2D eigenvalue weighted by molar-refractivity contribution is -0.124. The van der Waals surface area contributed by atoms with Gasteiger partial charge in [-0.3, -0.25) is 14.5 Å². The van der Waals surface area contributed by atoms with Crippen LogP contribution in [-0.2, 0) is 9.59 Å². The predicted octanol–water partition coefficient (Wildman–Crippen LogP) is 4.40. The molecule has 206 valence electrons. The minimum Gasteiger partial charge on any atom is -0.454 e. The number of aliphatic imine (C=N–C) groups is 1. The molecule has 8 nitrogen and oxygen atoms in total. The summed E-state index contributed by atoms with van der Waals surface area (Å²) in [5.41, 5.74) is -0.314. The van der Waals surface area contributed by atoms with E-state index in [0.717, 1.165) is 0 Å². The molecule has 0 saturated carbocycles. The Labute approximate surface area is 221 Å². The molecular weight excluding hydrogens is 520 g/mol. The van der Waals surface area contributed by atoms with Gasteiger partial charge in [-0.1, -0.05) is 6.07 Å². The molecule has 1 unspecified atom stereocenters. The van der Waals surface area contributed by atoms with Gasteiger partial charge in [0.25, 0.3) is 5.91 Å². The van der Waals surface area contributed by atoms with Gasteiger partial charge in [-0.2, -0.15) is 13.2 Å². The molecule has 5 rings (SSSR count). The molecule has 2 aromatic carbocycles. The van der Waals surface area contributed by atoms with Crippen molar-refractivity contribution < 1.29 is 36.6 Å². The van der Waals surface area contributed by atoms with Crippen LogP contribution in [0.25, 0.3) is 11.1 Å². The van der Waals surface area contributed by atoms with Crippen LogP contribution in [0.5, 0.6) is 11.5 Å². The Morgan fingerprint density at radius 2 is 1.77 bits per heavy atom. The number of benzene rings is 2. The summed E-state index contributed by atoms with van der Waals surface area (Å²) in [7, 11) is 1.98. The van der Waals surface area contributed by atoms with Gasteiger partial charge < -0.3 is 19.7 Å². The normalized spacial score (nSPS) is 23.2. The van der Waals surface area contributed by atoms with Crippen molar-refractivity contribution >= 4 is 29.4 Å². The maximum absolute atomic E-state index is 15.6. The largest absolute Gasteiger partial charge is 0.454 e. The van der Waals surface area contributed by atoms with Crippen molar-refractivity contribution in [3.63, 3.8) is 0 Å². The van der Waals surface area contributed by atoms with E-state index in [9.17, 15) is 22.8 Å². The Hall–Kier alpha value is -3.93. The summed E-state index contributed by atoms with van der Waals surface area (Å²) in [6.07, 6.45) is -3.92. The number of nitrogens with zero attached hydrogens (tertiary/aromatic N) is 3. The van der Waals surface area contributed by atoms with E-state index in [4.69, 9.17) is 9.47 Å². The highest BCUT2D eigenvalue weighted by molar-refractivity contribution is 6.11. The van der Waals surface area contributed by atoms with E-state index in [1.54, 1.807) is 18.2 Å². The number of hydrogen-bond acceptors (Lipinski definition) is 6. The fourth-order valence-electron chi connectivity index (χ4n) is 4.98. The van der Waals surface area contributed by atoms with Crippen LogP contribution in [-0.4, -0.2) is 68.1 Å². The minimum atomic E-state index is -4.92. The van der Waals surface area contributed by atoms with Crippen molar-refractivity contribution in [3.8, 4) is 22.6 Å². The van der Waals surface area contributed by atoms with Crippen LogP contribution < -0.4 is 19.7 Å². The zero-order valence-electron chi connectivity index (χ0n) is 21.4. The summed E-state index contributed by atoms with van der Waals surface area (Å²) in [5, 5.41) is 2.56. The van der Waals surface area contributed by atoms with Gasteiger partial charge in [-0.25, -0.2) is 9.38 Å². The van der Waals surface area contributed by atoms with Crippen LogP contribution in [0.15, 0.2) is 47.0 Å². The van der Waals surface area contributed by atoms with Gasteiger partial charge in [-0.05, 0) is 50.7 Å². The van der Waals surface area contributed by atoms with E-state index in [1.165, 1.54) is 12.1 Å². The molecular formula is C27H26F4N4O4. The fraction of sp³-hybridized carbons (Fsp3) is 0.370. The molecule has 12 heteroatoms. The number of rotatable bonds is 4. The molecule has 1 saturated heterocycles. The summed E-state index contributed by atoms with van der Waals surface area (Å²) in [4.78, 5) is 32.2. The third-order valence-corrected chi connectivity index (χ3v) is 7.30. The Bertz CT molecular complexity index is 1380. The topological polar surface area (TPSA) is 83.5 Å². The molecule has 3 aliphatic heterocycles. The number of anilines is 2. The highest BCUT2D eigenvalue weighted by Gasteiger charge is 2.43. The molecule has 1 fully saturated rings. The van der Waals surface area contributed by atoms with Crippen LogP contribution in [0.2, 0.25) is 0 Å². The number of carbonyl (C=O) groups is 2. The maximum atomic E-state index is 15.6. The number of nitrogens with one attached hydrogen (secondary N) is 1. The Balaban J connectivity index is 1.56. The second-order valence-corrected chi connectivity index (χ2v) is 9.87. The first-order chi connectivity index (χ1) is 18.4. The minimum absolute atomic E-state index is 0.0296. The molecule has 2 amide bonds. The average molecular weight is 547 g/mol. The summed E-state index contributed by atoms with van der Waals surface area (Å²) in [6, 6.07) is 7.70. The Kier molecular flexibility index (Phi) is 6.83. The van der Waals surface area contributed by atoms with E-state index in [2.05, 4.69) is 15.2 Å². The first-order valence-corrected chi connectivity index (χ1v) is 12.3. The van der Waals surface area contributed by atoms with E-state index in [1.807, 2.05) is 25.8 Å². The zero-order valence-corrected chi connectivity index (χ0v) is 21.4. The number of carbonyl (C=O) groups excluding carboxylic acids is 2. The number of likely N-dealkylation sites (N-methyl/N-ethyl adjacent to an activating group) is 1. The summed E-state index contributed by atoms with van der Waals surface area (Å²) in [5.74, 6) is -3.65. The molecule has 0 aliphatic carbocycles. The van der Waals surface area contributed by atoms with Crippen LogP contribution in [0, 0.1) is 11.7 Å². The van der Waals surface area contributed by atoms with Gasteiger partial charge in [0.2, 0.25) is 12.7 Å². The monoisotopic (exact) mass is 546 g/mol. The summed E-state index contributed by atoms with van der Waals surface area (Å²) in [6.45, 7) is 5.04. The standard InChI is InChI=1S/C27H26F4N4O4/c1-14-11-35(12-15(2)34(14)3)22-9-20(28)17(16-4-5-23-24(6-16)39-13-38-23)7-21(22)33-26(37)18-10-32-25(36)8-19(18)27(29,30)31/h4-10,14-15,18H,11-13H2,1-3H3,(H,33,37)/t14-,15+,18?. The number of dihydropyridines is 1. The van der Waals surface area contributed by atoms with Gasteiger partial charge in [0, 0.05) is 43.0 Å². The Morgan fingerprint density at radius 3 is 2.46 bits per heavy atom. The number of piperazine rings is 1. The SMILES string of the molecule is C[C@@H]1CN(c2cc(F)c(-c3ccc4c(c3)OCO4)cc2NC(=O)C2C=NC(=O)C=C2C(F)(F)F)C[C@H](C)N1C. The van der Waals surface area contributed by atoms with Gasteiger partial charge in [0.15, 0.2) is 11.5 Å². The lowest BCUT2D eigenvalue weighted by Crippen LogP contribution is -2.55. The molecule has 0 spiro atoms. The predicted molar refractivity (Wildman–Crippen MR) is 137 cm³/mol. The molecule has 2 aromatic rings. The highest BCUT2D eigenvalue weighted by Crippen LogP contribution is 2.41. The molecule has 3 aliphatic rings. The van der Waals surface area contributed by atoms with Crippen LogP contribution >= 0.6 is 0 Å². The third kappa shape index (κ3) is 5.20. The summed E-state index contributed by atoms with van der Waals surface area (Å²) >= 11 is 0. The molecule has 39 heavy (non-hydrogen) atoms. The fourth-order valence-corrected chi connectivity index (χ4v) is 4.98. The Morgan fingerprint density at radius 1 is 1.08 bits per heavy atom. The van der Waals surface area contributed by atoms with E-state index in [-0.39, 0.29) is 30.1 Å². The molecule has 0 bridgehead atoms. The second-order valence-electron chi connectivity index (χ2n) is 9.87. The average Bonchev–Trinajstić information content (AvgIpc) is 3.35. The van der Waals surface area contributed by atoms with Crippen molar-refractivity contribution in [2.45, 2.75) is 32.1 Å². The second kappa shape index (κ2) is 9.99. The zero-order chi connectivity index (χ0) is 28.1. The van der Waals surface area contributed by atoms with Crippen molar-refractivity contribution in [2.24, 2.45) is 10.9 Å². The highest BCUT2D eigenvalue weighted by atomic mass is 19.4. The maximum Gasteiger partial charge on any atom is 0.414 e. The molecule has 3 atom stereocenters. The van der Waals surface area contributed by atoms with Crippen LogP contribution in [0.4, 0.5) is 28.9 Å². The number of halogens is 4. The van der Waals surface area contributed by atoms with E-state index < -0.39 is 35.3 Å². The third-order valence-electron chi connectivity index (χ3n) is 7.30. The smallest absolute Gasteiger partial charge is 0.414 e. The lowest BCUT2D eigenvalue weighted by atomic mass is 9.95. The van der Waals surface area contributed by atoms with Crippen molar-refractivity contribution in [2.75, 3.05) is 37.1 Å². The first-order valence-electron chi connectivity index (χ1n) is 12.3. The van der Waals surface area contributed by atoms with Gasteiger partial charge >= 0.3 is 6.18 Å². The first kappa shape index (κ1) is 26.7. The number of hydrogen-bond donors (Lipinski definition) is 1. The number of alkyl halides is 3. The van der Waals surface area contributed by atoms with Crippen LogP contribution in [0.1, 0.15) is 13.8 Å². The molecule has 1 N–H and O–H groups in total. The van der Waals surface area contributed by atoms with Crippen molar-refractivity contribution in [3.05, 3.63) is 47.8 Å². The van der Waals surface area contributed by atoms with Gasteiger partial charge in [0.05, 0.1) is 16.9 Å². The quantitative estimate of drug-likeness (QED) is 0.573. The number of fused-ring (bicyclic) bond motifs is 1. The van der Waals surface area contributed by atoms with Crippen LogP contribution in [0.3, 0.4) is 0 Å². The number of amides is 2. The molecule has 0 radical (unpaired) electrons. The van der Waals surface area contributed by atoms with Gasteiger partial charge in [0.1, 0.15) is 11.7 Å². The molecule has 0 aromatic heterocycles. The van der Waals surface area contributed by atoms with E-state index in [0.29, 0.717) is 48.1 Å². The number of ether oxygens (including phenoxy) is 2. The van der Waals surface area contributed by atoms with E-state index >= 15 is 4.39 Å². The van der Waals surface area contributed by atoms with Crippen molar-refractivity contribution in [1.82, 2.24) is 4.90 Å². The lowest BCUT2D eigenvalue weighted by Gasteiger charge is -2.44. The summed E-state index contributed by atoms with van der Waals surface area (Å²) < 4.78 is 67.3. The molecule has 3 heterocycles. The van der Waals surface area contributed by atoms with Crippen molar-refractivity contribution in [1.29, 1.82) is 0 Å².